The third-order valence-corrected chi connectivity index (χ3v) is 6.20. The Morgan fingerprint density at radius 2 is 1.88 bits per heavy atom. The standard InChI is InChI=1S/C21H25NO3/c1-20(2)13-22(16-7-5-4-6-8-16)18(23)17(20)25-19(24)21(3)12-14-9-10-15(21)11-14/h4-10,14-15,17H,11-13H2,1-3H3/t14-,15+,17?,21+/m1/s1. The van der Waals surface area contributed by atoms with E-state index in [9.17, 15) is 9.59 Å². The first-order chi connectivity index (χ1) is 11.8. The molecule has 2 fully saturated rings. The van der Waals surface area contributed by atoms with Crippen LogP contribution in [0.2, 0.25) is 0 Å². The number of hydrogen-bond acceptors (Lipinski definition) is 3. The topological polar surface area (TPSA) is 46.6 Å². The lowest BCUT2D eigenvalue weighted by Crippen LogP contribution is -2.42. The summed E-state index contributed by atoms with van der Waals surface area (Å²) in [7, 11) is 0. The predicted molar refractivity (Wildman–Crippen MR) is 95.9 cm³/mol. The van der Waals surface area contributed by atoms with Gasteiger partial charge in [0.25, 0.3) is 5.91 Å². The minimum absolute atomic E-state index is 0.119. The quantitative estimate of drug-likeness (QED) is 0.625. The molecule has 1 unspecified atom stereocenters. The van der Waals surface area contributed by atoms with Crippen LogP contribution >= 0.6 is 0 Å². The van der Waals surface area contributed by atoms with E-state index >= 15 is 0 Å². The molecule has 0 spiro atoms. The molecule has 1 aromatic rings. The van der Waals surface area contributed by atoms with Crippen molar-refractivity contribution >= 4 is 17.6 Å². The molecule has 1 aliphatic heterocycles. The molecular formula is C21H25NO3. The molecule has 4 heteroatoms. The molecule has 1 amide bonds. The highest BCUT2D eigenvalue weighted by atomic mass is 16.6. The largest absolute Gasteiger partial charge is 0.451 e. The Balaban J connectivity index is 1.55. The molecule has 1 saturated heterocycles. The SMILES string of the molecule is CC1(C)CN(c2ccccc2)C(=O)C1OC(=O)[C@@]1(C)C[C@@H]2C=C[C@H]1C2. The monoisotopic (exact) mass is 339 g/mol. The molecule has 132 valence electrons. The van der Waals surface area contributed by atoms with Gasteiger partial charge in [-0.05, 0) is 43.7 Å². The molecule has 4 rings (SSSR count). The number of para-hydroxylation sites is 1. The van der Waals surface area contributed by atoms with Crippen molar-refractivity contribution in [2.24, 2.45) is 22.7 Å². The summed E-state index contributed by atoms with van der Waals surface area (Å²) in [6.07, 6.45) is 5.50. The Hall–Kier alpha value is -2.10. The molecule has 4 nitrogen and oxygen atoms in total. The lowest BCUT2D eigenvalue weighted by Gasteiger charge is -2.32. The highest BCUT2D eigenvalue weighted by molar-refractivity contribution is 6.01. The van der Waals surface area contributed by atoms with E-state index in [2.05, 4.69) is 12.2 Å². The highest BCUT2D eigenvalue weighted by Crippen LogP contribution is 2.53. The van der Waals surface area contributed by atoms with Crippen molar-refractivity contribution in [2.45, 2.75) is 39.7 Å². The molecule has 0 N–H and O–H groups in total. The summed E-state index contributed by atoms with van der Waals surface area (Å²) in [5.74, 6) is 0.392. The Kier molecular flexibility index (Phi) is 3.57. The number of hydrogen-bond donors (Lipinski definition) is 0. The Morgan fingerprint density at radius 3 is 2.48 bits per heavy atom. The first kappa shape index (κ1) is 16.4. The number of nitrogens with zero attached hydrogens (tertiary/aromatic N) is 1. The minimum Gasteiger partial charge on any atom is -0.451 e. The Morgan fingerprint density at radius 1 is 1.16 bits per heavy atom. The summed E-state index contributed by atoms with van der Waals surface area (Å²) in [5.41, 5.74) is -0.0456. The second-order valence-corrected chi connectivity index (χ2v) is 8.64. The molecule has 1 aromatic carbocycles. The average molecular weight is 339 g/mol. The summed E-state index contributed by atoms with van der Waals surface area (Å²) in [4.78, 5) is 27.7. The maximum atomic E-state index is 13.0. The number of fused-ring (bicyclic) bond motifs is 2. The molecule has 2 bridgehead atoms. The van der Waals surface area contributed by atoms with Crippen molar-refractivity contribution in [2.75, 3.05) is 11.4 Å². The van der Waals surface area contributed by atoms with Gasteiger partial charge in [-0.2, -0.15) is 0 Å². The predicted octanol–water partition coefficient (Wildman–Crippen LogP) is 3.57. The van der Waals surface area contributed by atoms with Gasteiger partial charge >= 0.3 is 5.97 Å². The summed E-state index contributed by atoms with van der Waals surface area (Å²) < 4.78 is 5.87. The van der Waals surface area contributed by atoms with Gasteiger partial charge in [0.2, 0.25) is 0 Å². The fraction of sp³-hybridized carbons (Fsp3) is 0.524. The third-order valence-electron chi connectivity index (χ3n) is 6.20. The number of carbonyl (C=O) groups is 2. The number of amides is 1. The van der Waals surface area contributed by atoms with Crippen LogP contribution in [-0.4, -0.2) is 24.5 Å². The third kappa shape index (κ3) is 2.50. The molecule has 4 atom stereocenters. The number of ether oxygens (including phenoxy) is 1. The molecule has 0 aromatic heterocycles. The number of benzene rings is 1. The van der Waals surface area contributed by atoms with Gasteiger partial charge in [-0.1, -0.05) is 44.2 Å². The van der Waals surface area contributed by atoms with Gasteiger partial charge in [-0.15, -0.1) is 0 Å². The maximum Gasteiger partial charge on any atom is 0.313 e. The van der Waals surface area contributed by atoms with Crippen molar-refractivity contribution in [1.82, 2.24) is 0 Å². The van der Waals surface area contributed by atoms with Gasteiger partial charge in [0.1, 0.15) is 0 Å². The normalized spacial score (nSPS) is 35.4. The van der Waals surface area contributed by atoms with Gasteiger partial charge in [0.15, 0.2) is 6.10 Å². The first-order valence-corrected chi connectivity index (χ1v) is 9.07. The Bertz CT molecular complexity index is 739. The summed E-state index contributed by atoms with van der Waals surface area (Å²) in [5, 5.41) is 0. The lowest BCUT2D eigenvalue weighted by atomic mass is 9.77. The van der Waals surface area contributed by atoms with Crippen molar-refractivity contribution < 1.29 is 14.3 Å². The van der Waals surface area contributed by atoms with E-state index in [0.717, 1.165) is 18.5 Å². The van der Waals surface area contributed by atoms with Crippen LogP contribution in [-0.2, 0) is 14.3 Å². The van der Waals surface area contributed by atoms with Crippen LogP contribution in [0.1, 0.15) is 33.6 Å². The van der Waals surface area contributed by atoms with Crippen LogP contribution < -0.4 is 4.90 Å². The zero-order valence-electron chi connectivity index (χ0n) is 15.1. The number of rotatable bonds is 3. The second kappa shape index (κ2) is 5.45. The number of anilines is 1. The van der Waals surface area contributed by atoms with Gasteiger partial charge in [0.05, 0.1) is 5.41 Å². The van der Waals surface area contributed by atoms with Crippen molar-refractivity contribution in [3.63, 3.8) is 0 Å². The molecule has 1 heterocycles. The van der Waals surface area contributed by atoms with Crippen LogP contribution in [0.15, 0.2) is 42.5 Å². The fourth-order valence-corrected chi connectivity index (χ4v) is 4.65. The number of allylic oxidation sites excluding steroid dienone is 2. The second-order valence-electron chi connectivity index (χ2n) is 8.64. The Labute approximate surface area is 148 Å². The minimum atomic E-state index is -0.722. The molecule has 0 radical (unpaired) electrons. The lowest BCUT2D eigenvalue weighted by molar-refractivity contribution is -0.169. The zero-order valence-corrected chi connectivity index (χ0v) is 15.1. The number of esters is 1. The fourth-order valence-electron chi connectivity index (χ4n) is 4.65. The van der Waals surface area contributed by atoms with Crippen molar-refractivity contribution in [1.29, 1.82) is 0 Å². The zero-order chi connectivity index (χ0) is 17.8. The molecular weight excluding hydrogens is 314 g/mol. The van der Waals surface area contributed by atoms with Crippen LogP contribution in [0.5, 0.6) is 0 Å². The van der Waals surface area contributed by atoms with Crippen LogP contribution in [0, 0.1) is 22.7 Å². The highest BCUT2D eigenvalue weighted by Gasteiger charge is 2.55. The van der Waals surface area contributed by atoms with Crippen LogP contribution in [0.3, 0.4) is 0 Å². The van der Waals surface area contributed by atoms with Gasteiger partial charge in [-0.25, -0.2) is 0 Å². The van der Waals surface area contributed by atoms with E-state index in [1.54, 1.807) is 4.90 Å². The molecule has 1 saturated carbocycles. The van der Waals surface area contributed by atoms with Crippen molar-refractivity contribution in [3.8, 4) is 0 Å². The molecule has 25 heavy (non-hydrogen) atoms. The summed E-state index contributed by atoms with van der Waals surface area (Å²) in [6.45, 7) is 6.53. The maximum absolute atomic E-state index is 13.0. The van der Waals surface area contributed by atoms with E-state index in [0.29, 0.717) is 12.5 Å². The average Bonchev–Trinajstić information content (AvgIpc) is 3.23. The van der Waals surface area contributed by atoms with E-state index in [1.807, 2.05) is 51.1 Å². The summed E-state index contributed by atoms with van der Waals surface area (Å²) in [6, 6.07) is 9.59. The van der Waals surface area contributed by atoms with Crippen LogP contribution in [0.4, 0.5) is 5.69 Å². The van der Waals surface area contributed by atoms with Crippen molar-refractivity contribution in [3.05, 3.63) is 42.5 Å². The van der Waals surface area contributed by atoms with E-state index < -0.39 is 16.9 Å². The summed E-state index contributed by atoms with van der Waals surface area (Å²) >= 11 is 0. The smallest absolute Gasteiger partial charge is 0.313 e. The van der Waals surface area contributed by atoms with E-state index in [-0.39, 0.29) is 17.8 Å². The first-order valence-electron chi connectivity index (χ1n) is 9.07. The molecule has 3 aliphatic rings. The van der Waals surface area contributed by atoms with E-state index in [1.165, 1.54) is 0 Å². The van der Waals surface area contributed by atoms with Gasteiger partial charge in [-0.3, -0.25) is 9.59 Å². The van der Waals surface area contributed by atoms with Crippen LogP contribution in [0.25, 0.3) is 0 Å². The van der Waals surface area contributed by atoms with E-state index in [4.69, 9.17) is 4.74 Å². The van der Waals surface area contributed by atoms with Gasteiger partial charge < -0.3 is 9.64 Å². The number of carbonyl (C=O) groups excluding carboxylic acids is 2. The van der Waals surface area contributed by atoms with Gasteiger partial charge in [0, 0.05) is 17.6 Å². The molecule has 2 aliphatic carbocycles.